The van der Waals surface area contributed by atoms with Crippen molar-refractivity contribution in [2.24, 2.45) is 29.4 Å². The minimum atomic E-state index is 0.156. The van der Waals surface area contributed by atoms with Crippen LogP contribution in [0.1, 0.15) is 40.0 Å². The van der Waals surface area contributed by atoms with Crippen molar-refractivity contribution in [2.75, 3.05) is 13.1 Å². The second-order valence-electron chi connectivity index (χ2n) is 6.37. The highest BCUT2D eigenvalue weighted by Gasteiger charge is 2.39. The summed E-state index contributed by atoms with van der Waals surface area (Å²) in [7, 11) is 0. The van der Waals surface area contributed by atoms with Crippen molar-refractivity contribution in [3.8, 4) is 0 Å². The lowest BCUT2D eigenvalue weighted by Gasteiger charge is -2.27. The highest BCUT2D eigenvalue weighted by Crippen LogP contribution is 2.36. The van der Waals surface area contributed by atoms with Gasteiger partial charge in [0.1, 0.15) is 0 Å². The Hall–Kier alpha value is -0.570. The quantitative estimate of drug-likeness (QED) is 0.798. The molecule has 3 heteroatoms. The van der Waals surface area contributed by atoms with Crippen molar-refractivity contribution in [1.29, 1.82) is 0 Å². The standard InChI is InChI=1S/C14H26N2O/c1-9(2)10(3)14(17)16-7-11-4-5-13(15)6-12(11)8-16/h9-13H,4-8,15H2,1-3H3/t10?,11-,12+,13?/m1/s1. The van der Waals surface area contributed by atoms with E-state index in [1.54, 1.807) is 0 Å². The predicted molar refractivity (Wildman–Crippen MR) is 69.4 cm³/mol. The van der Waals surface area contributed by atoms with Crippen LogP contribution in [0.25, 0.3) is 0 Å². The second kappa shape index (κ2) is 4.97. The van der Waals surface area contributed by atoms with Crippen molar-refractivity contribution in [2.45, 2.75) is 46.1 Å². The zero-order valence-electron chi connectivity index (χ0n) is 11.4. The fourth-order valence-corrected chi connectivity index (χ4v) is 3.22. The summed E-state index contributed by atoms with van der Waals surface area (Å²) in [5.41, 5.74) is 6.02. The number of hydrogen-bond acceptors (Lipinski definition) is 2. The van der Waals surface area contributed by atoms with Crippen LogP contribution in [0.2, 0.25) is 0 Å². The fourth-order valence-electron chi connectivity index (χ4n) is 3.22. The molecule has 2 aliphatic rings. The van der Waals surface area contributed by atoms with Gasteiger partial charge in [0, 0.05) is 25.0 Å². The maximum Gasteiger partial charge on any atom is 0.225 e. The zero-order chi connectivity index (χ0) is 12.6. The molecule has 2 N–H and O–H groups in total. The summed E-state index contributed by atoms with van der Waals surface area (Å²) < 4.78 is 0. The van der Waals surface area contributed by atoms with Crippen molar-refractivity contribution in [3.63, 3.8) is 0 Å². The highest BCUT2D eigenvalue weighted by molar-refractivity contribution is 5.79. The molecule has 1 heterocycles. The van der Waals surface area contributed by atoms with Gasteiger partial charge in [0.25, 0.3) is 0 Å². The average Bonchev–Trinajstić information content (AvgIpc) is 2.69. The van der Waals surface area contributed by atoms with Crippen LogP contribution in [-0.4, -0.2) is 29.9 Å². The van der Waals surface area contributed by atoms with Gasteiger partial charge in [0.05, 0.1) is 0 Å². The lowest BCUT2D eigenvalue weighted by atomic mass is 9.79. The summed E-state index contributed by atoms with van der Waals surface area (Å²) in [6.45, 7) is 8.24. The molecule has 0 aromatic heterocycles. The molecule has 2 unspecified atom stereocenters. The number of carbonyl (C=O) groups excluding carboxylic acids is 1. The second-order valence-corrected chi connectivity index (χ2v) is 6.37. The molecule has 1 aliphatic heterocycles. The van der Waals surface area contributed by atoms with Crippen LogP contribution in [0, 0.1) is 23.7 Å². The van der Waals surface area contributed by atoms with Gasteiger partial charge in [-0.3, -0.25) is 4.79 Å². The van der Waals surface area contributed by atoms with Crippen LogP contribution in [0.4, 0.5) is 0 Å². The van der Waals surface area contributed by atoms with Gasteiger partial charge in [0.15, 0.2) is 0 Å². The lowest BCUT2D eigenvalue weighted by molar-refractivity contribution is -0.135. The minimum absolute atomic E-state index is 0.156. The normalized spacial score (nSPS) is 34.9. The van der Waals surface area contributed by atoms with Gasteiger partial charge in [-0.15, -0.1) is 0 Å². The zero-order valence-corrected chi connectivity index (χ0v) is 11.4. The van der Waals surface area contributed by atoms with Gasteiger partial charge in [-0.2, -0.15) is 0 Å². The summed E-state index contributed by atoms with van der Waals surface area (Å²) >= 11 is 0. The number of fused-ring (bicyclic) bond motifs is 1. The summed E-state index contributed by atoms with van der Waals surface area (Å²) in [4.78, 5) is 14.4. The van der Waals surface area contributed by atoms with E-state index in [9.17, 15) is 4.79 Å². The topological polar surface area (TPSA) is 46.3 Å². The van der Waals surface area contributed by atoms with Crippen LogP contribution in [0.15, 0.2) is 0 Å². The Labute approximate surface area is 105 Å². The number of nitrogens with two attached hydrogens (primary N) is 1. The van der Waals surface area contributed by atoms with Gasteiger partial charge in [-0.05, 0) is 37.0 Å². The van der Waals surface area contributed by atoms with E-state index in [-0.39, 0.29) is 5.92 Å². The van der Waals surface area contributed by atoms with Crippen molar-refractivity contribution in [3.05, 3.63) is 0 Å². The average molecular weight is 238 g/mol. The van der Waals surface area contributed by atoms with Gasteiger partial charge in [0.2, 0.25) is 5.91 Å². The molecule has 2 fully saturated rings. The number of nitrogens with zero attached hydrogens (tertiary/aromatic N) is 1. The third-order valence-corrected chi connectivity index (χ3v) is 4.79. The predicted octanol–water partition coefficient (Wildman–Crippen LogP) is 1.86. The fraction of sp³-hybridized carbons (Fsp3) is 0.929. The van der Waals surface area contributed by atoms with Gasteiger partial charge < -0.3 is 10.6 Å². The molecule has 17 heavy (non-hydrogen) atoms. The monoisotopic (exact) mass is 238 g/mol. The van der Waals surface area contributed by atoms with Crippen LogP contribution >= 0.6 is 0 Å². The Morgan fingerprint density at radius 1 is 1.18 bits per heavy atom. The Morgan fingerprint density at radius 3 is 2.47 bits per heavy atom. The first-order chi connectivity index (χ1) is 7.99. The first-order valence-corrected chi connectivity index (χ1v) is 7.03. The smallest absolute Gasteiger partial charge is 0.225 e. The lowest BCUT2D eigenvalue weighted by Crippen LogP contribution is -2.35. The van der Waals surface area contributed by atoms with E-state index in [1.165, 1.54) is 6.42 Å². The molecule has 0 spiro atoms. The van der Waals surface area contributed by atoms with E-state index in [0.29, 0.717) is 23.8 Å². The Morgan fingerprint density at radius 2 is 1.82 bits per heavy atom. The van der Waals surface area contributed by atoms with E-state index in [0.717, 1.165) is 31.8 Å². The molecular formula is C14H26N2O. The molecule has 3 nitrogen and oxygen atoms in total. The molecule has 0 aromatic rings. The molecule has 1 saturated heterocycles. The van der Waals surface area contributed by atoms with E-state index in [2.05, 4.69) is 25.7 Å². The molecule has 1 aliphatic carbocycles. The van der Waals surface area contributed by atoms with E-state index in [1.807, 2.05) is 0 Å². The van der Waals surface area contributed by atoms with Crippen molar-refractivity contribution >= 4 is 5.91 Å². The summed E-state index contributed by atoms with van der Waals surface area (Å²) in [6.07, 6.45) is 3.47. The molecule has 1 amide bonds. The third kappa shape index (κ3) is 2.65. The first-order valence-electron chi connectivity index (χ1n) is 7.03. The van der Waals surface area contributed by atoms with Gasteiger partial charge in [-0.1, -0.05) is 20.8 Å². The van der Waals surface area contributed by atoms with E-state index < -0.39 is 0 Å². The highest BCUT2D eigenvalue weighted by atomic mass is 16.2. The molecule has 2 rings (SSSR count). The van der Waals surface area contributed by atoms with Crippen molar-refractivity contribution in [1.82, 2.24) is 4.90 Å². The van der Waals surface area contributed by atoms with E-state index in [4.69, 9.17) is 5.73 Å². The molecule has 0 radical (unpaired) electrons. The molecule has 4 atom stereocenters. The number of rotatable bonds is 2. The van der Waals surface area contributed by atoms with Crippen LogP contribution in [0.5, 0.6) is 0 Å². The van der Waals surface area contributed by atoms with Gasteiger partial charge >= 0.3 is 0 Å². The molecule has 0 aromatic carbocycles. The Kier molecular flexibility index (Phi) is 3.76. The minimum Gasteiger partial charge on any atom is -0.342 e. The molecule has 0 bridgehead atoms. The Balaban J connectivity index is 1.95. The van der Waals surface area contributed by atoms with Crippen LogP contribution in [-0.2, 0) is 4.79 Å². The maximum absolute atomic E-state index is 12.3. The summed E-state index contributed by atoms with van der Waals surface area (Å²) in [5, 5.41) is 0. The summed E-state index contributed by atoms with van der Waals surface area (Å²) in [5.74, 6) is 2.33. The number of hydrogen-bond donors (Lipinski definition) is 1. The maximum atomic E-state index is 12.3. The van der Waals surface area contributed by atoms with Crippen LogP contribution < -0.4 is 5.73 Å². The number of amides is 1. The van der Waals surface area contributed by atoms with E-state index >= 15 is 0 Å². The first kappa shape index (κ1) is 12.9. The molecular weight excluding hydrogens is 212 g/mol. The van der Waals surface area contributed by atoms with Crippen molar-refractivity contribution < 1.29 is 4.79 Å². The van der Waals surface area contributed by atoms with Crippen LogP contribution in [0.3, 0.4) is 0 Å². The third-order valence-electron chi connectivity index (χ3n) is 4.79. The largest absolute Gasteiger partial charge is 0.342 e. The SMILES string of the molecule is CC(C)C(C)C(=O)N1C[C@H]2CCC(N)C[C@H]2C1. The molecule has 1 saturated carbocycles. The van der Waals surface area contributed by atoms with Gasteiger partial charge in [-0.25, -0.2) is 0 Å². The Bertz CT molecular complexity index is 290. The number of likely N-dealkylation sites (tertiary alicyclic amines) is 1. The number of carbonyl (C=O) groups is 1. The molecule has 98 valence electrons. The summed E-state index contributed by atoms with van der Waals surface area (Å²) in [6, 6.07) is 0.369.